The van der Waals surface area contributed by atoms with Gasteiger partial charge in [0.15, 0.2) is 0 Å². The molecule has 2 atom stereocenters. The van der Waals surface area contributed by atoms with Crippen molar-refractivity contribution in [3.63, 3.8) is 0 Å². The van der Waals surface area contributed by atoms with Gasteiger partial charge >= 0.3 is 0 Å². The van der Waals surface area contributed by atoms with Crippen molar-refractivity contribution in [2.24, 2.45) is 0 Å². The monoisotopic (exact) mass is 583 g/mol. The second-order valence-electron chi connectivity index (χ2n) is 10.2. The van der Waals surface area contributed by atoms with Crippen molar-refractivity contribution in [3.05, 3.63) is 100 Å². The first-order chi connectivity index (χ1) is 18.9. The van der Waals surface area contributed by atoms with Crippen LogP contribution in [0.2, 0.25) is 5.02 Å². The molecule has 2 amide bonds. The molecule has 0 heterocycles. The summed E-state index contributed by atoms with van der Waals surface area (Å²) in [6, 6.07) is 21.0. The standard InChI is InChI=1S/C31H38ClN3O4S/c1-6-24(4)33-31(37)29(19-25-12-8-7-9-13-25)34(20-26-14-10-11-15-27(26)32)30(36)21-35(40(5,38)39)28-18-22(2)16-17-23(28)3/h7-18,24,29H,6,19-21H2,1-5H3,(H,33,37). The Morgan fingerprint density at radius 3 is 2.25 bits per heavy atom. The molecular formula is C31H38ClN3O4S. The summed E-state index contributed by atoms with van der Waals surface area (Å²) in [6.45, 7) is 7.12. The third-order valence-electron chi connectivity index (χ3n) is 6.88. The highest BCUT2D eigenvalue weighted by atomic mass is 35.5. The van der Waals surface area contributed by atoms with E-state index in [1.807, 2.05) is 69.3 Å². The predicted molar refractivity (Wildman–Crippen MR) is 162 cm³/mol. The molecule has 0 aliphatic rings. The SMILES string of the molecule is CCC(C)NC(=O)C(Cc1ccccc1)N(Cc1ccccc1Cl)C(=O)CN(c1cc(C)ccc1C)S(C)(=O)=O. The molecule has 0 bridgehead atoms. The number of benzene rings is 3. The number of hydrogen-bond donors (Lipinski definition) is 1. The Morgan fingerprint density at radius 1 is 0.975 bits per heavy atom. The highest BCUT2D eigenvalue weighted by Gasteiger charge is 2.34. The fourth-order valence-corrected chi connectivity index (χ4v) is 5.48. The number of rotatable bonds is 12. The highest BCUT2D eigenvalue weighted by molar-refractivity contribution is 7.92. The van der Waals surface area contributed by atoms with Crippen LogP contribution in [-0.4, -0.2) is 50.0 Å². The van der Waals surface area contributed by atoms with Crippen LogP contribution in [0.4, 0.5) is 5.69 Å². The van der Waals surface area contributed by atoms with E-state index in [0.717, 1.165) is 33.7 Å². The zero-order valence-electron chi connectivity index (χ0n) is 23.7. The minimum absolute atomic E-state index is 0.0360. The summed E-state index contributed by atoms with van der Waals surface area (Å²) in [5.41, 5.74) is 3.54. The number of carbonyl (C=O) groups excluding carboxylic acids is 2. The van der Waals surface area contributed by atoms with E-state index in [4.69, 9.17) is 11.6 Å². The smallest absolute Gasteiger partial charge is 0.244 e. The molecule has 0 saturated carbocycles. The van der Waals surface area contributed by atoms with Crippen molar-refractivity contribution in [3.8, 4) is 0 Å². The van der Waals surface area contributed by atoms with Gasteiger partial charge in [0.25, 0.3) is 0 Å². The molecule has 0 aliphatic carbocycles. The Balaban J connectivity index is 2.10. The molecule has 40 heavy (non-hydrogen) atoms. The van der Waals surface area contributed by atoms with Crippen LogP contribution in [0.25, 0.3) is 0 Å². The zero-order valence-corrected chi connectivity index (χ0v) is 25.3. The number of amides is 2. The lowest BCUT2D eigenvalue weighted by Crippen LogP contribution is -2.54. The predicted octanol–water partition coefficient (Wildman–Crippen LogP) is 5.28. The van der Waals surface area contributed by atoms with Gasteiger partial charge in [0, 0.05) is 24.0 Å². The van der Waals surface area contributed by atoms with Gasteiger partial charge in [0.05, 0.1) is 11.9 Å². The molecule has 3 aromatic rings. The third kappa shape index (κ3) is 8.32. The van der Waals surface area contributed by atoms with Gasteiger partial charge in [-0.2, -0.15) is 0 Å². The molecule has 0 fully saturated rings. The lowest BCUT2D eigenvalue weighted by Gasteiger charge is -2.34. The second kappa shape index (κ2) is 13.8. The maximum atomic E-state index is 14.2. The molecule has 0 aliphatic heterocycles. The quantitative estimate of drug-likeness (QED) is 0.314. The Bertz CT molecular complexity index is 1430. The zero-order chi connectivity index (χ0) is 29.4. The normalized spacial score (nSPS) is 12.8. The summed E-state index contributed by atoms with van der Waals surface area (Å²) in [5.74, 6) is -0.817. The number of aryl methyl sites for hydroxylation is 2. The van der Waals surface area contributed by atoms with E-state index in [1.165, 1.54) is 4.90 Å². The number of halogens is 1. The second-order valence-corrected chi connectivity index (χ2v) is 12.5. The van der Waals surface area contributed by atoms with Crippen LogP contribution in [-0.2, 0) is 32.6 Å². The van der Waals surface area contributed by atoms with E-state index in [9.17, 15) is 18.0 Å². The van der Waals surface area contributed by atoms with E-state index in [0.29, 0.717) is 16.3 Å². The molecule has 0 saturated heterocycles. The molecule has 214 valence electrons. The molecule has 3 aromatic carbocycles. The first-order valence-electron chi connectivity index (χ1n) is 13.3. The van der Waals surface area contributed by atoms with Crippen molar-refractivity contribution >= 4 is 39.1 Å². The van der Waals surface area contributed by atoms with Gasteiger partial charge < -0.3 is 10.2 Å². The molecular weight excluding hydrogens is 546 g/mol. The molecule has 9 heteroatoms. The van der Waals surface area contributed by atoms with Crippen LogP contribution in [0, 0.1) is 13.8 Å². The van der Waals surface area contributed by atoms with Gasteiger partial charge in [0.1, 0.15) is 12.6 Å². The molecule has 2 unspecified atom stereocenters. The van der Waals surface area contributed by atoms with Crippen LogP contribution in [0.1, 0.15) is 42.5 Å². The molecule has 0 radical (unpaired) electrons. The average Bonchev–Trinajstić information content (AvgIpc) is 2.91. The van der Waals surface area contributed by atoms with E-state index in [-0.39, 0.29) is 24.9 Å². The van der Waals surface area contributed by atoms with Gasteiger partial charge in [-0.15, -0.1) is 0 Å². The van der Waals surface area contributed by atoms with Gasteiger partial charge in [0.2, 0.25) is 21.8 Å². The van der Waals surface area contributed by atoms with E-state index in [2.05, 4.69) is 5.32 Å². The number of carbonyl (C=O) groups is 2. The summed E-state index contributed by atoms with van der Waals surface area (Å²) in [4.78, 5) is 29.3. The van der Waals surface area contributed by atoms with Crippen LogP contribution in [0.15, 0.2) is 72.8 Å². The van der Waals surface area contributed by atoms with Crippen molar-refractivity contribution < 1.29 is 18.0 Å². The van der Waals surface area contributed by atoms with Gasteiger partial charge in [-0.1, -0.05) is 79.2 Å². The third-order valence-corrected chi connectivity index (χ3v) is 8.38. The average molecular weight is 584 g/mol. The summed E-state index contributed by atoms with van der Waals surface area (Å²) >= 11 is 6.49. The number of anilines is 1. The minimum atomic E-state index is -3.84. The lowest BCUT2D eigenvalue weighted by atomic mass is 10.0. The van der Waals surface area contributed by atoms with E-state index in [1.54, 1.807) is 31.2 Å². The Kier molecular flexibility index (Phi) is 10.8. The van der Waals surface area contributed by atoms with Crippen molar-refractivity contribution in [1.29, 1.82) is 0 Å². The maximum Gasteiger partial charge on any atom is 0.244 e. The Morgan fingerprint density at radius 2 is 1.62 bits per heavy atom. The van der Waals surface area contributed by atoms with Crippen LogP contribution in [0.5, 0.6) is 0 Å². The summed E-state index contributed by atoms with van der Waals surface area (Å²) < 4.78 is 27.1. The Labute approximate surface area is 243 Å². The van der Waals surface area contributed by atoms with Crippen LogP contribution in [0.3, 0.4) is 0 Å². The fraction of sp³-hybridized carbons (Fsp3) is 0.355. The fourth-order valence-electron chi connectivity index (χ4n) is 4.39. The number of nitrogens with one attached hydrogen (secondary N) is 1. The van der Waals surface area contributed by atoms with Gasteiger partial charge in [-0.3, -0.25) is 13.9 Å². The summed E-state index contributed by atoms with van der Waals surface area (Å²) in [6.07, 6.45) is 2.05. The molecule has 1 N–H and O–H groups in total. The Hall–Kier alpha value is -3.36. The van der Waals surface area contributed by atoms with E-state index < -0.39 is 28.5 Å². The number of nitrogens with zero attached hydrogens (tertiary/aromatic N) is 2. The molecule has 7 nitrogen and oxygen atoms in total. The largest absolute Gasteiger partial charge is 0.352 e. The van der Waals surface area contributed by atoms with E-state index >= 15 is 0 Å². The maximum absolute atomic E-state index is 14.2. The highest BCUT2D eigenvalue weighted by Crippen LogP contribution is 2.26. The van der Waals surface area contributed by atoms with Crippen LogP contribution < -0.4 is 9.62 Å². The van der Waals surface area contributed by atoms with Gasteiger partial charge in [-0.05, 0) is 61.6 Å². The molecule has 0 spiro atoms. The first kappa shape index (κ1) is 31.2. The molecule has 3 rings (SSSR count). The van der Waals surface area contributed by atoms with Gasteiger partial charge in [-0.25, -0.2) is 8.42 Å². The number of hydrogen-bond acceptors (Lipinski definition) is 4. The number of sulfonamides is 1. The first-order valence-corrected chi connectivity index (χ1v) is 15.6. The topological polar surface area (TPSA) is 86.8 Å². The van der Waals surface area contributed by atoms with Crippen molar-refractivity contribution in [2.45, 2.75) is 59.2 Å². The van der Waals surface area contributed by atoms with Crippen molar-refractivity contribution in [1.82, 2.24) is 10.2 Å². The minimum Gasteiger partial charge on any atom is -0.352 e. The lowest BCUT2D eigenvalue weighted by molar-refractivity contribution is -0.140. The van der Waals surface area contributed by atoms with Crippen molar-refractivity contribution in [2.75, 3.05) is 17.1 Å². The van der Waals surface area contributed by atoms with Crippen LogP contribution >= 0.6 is 11.6 Å². The molecule has 0 aromatic heterocycles. The summed E-state index contributed by atoms with van der Waals surface area (Å²) in [7, 11) is -3.84. The summed E-state index contributed by atoms with van der Waals surface area (Å²) in [5, 5.41) is 3.47.